The molecule has 0 aromatic heterocycles. The molecule has 0 radical (unpaired) electrons. The number of benzene rings is 2. The van der Waals surface area contributed by atoms with Crippen molar-refractivity contribution in [3.63, 3.8) is 0 Å². The van der Waals surface area contributed by atoms with Crippen LogP contribution >= 0.6 is 11.6 Å². The van der Waals surface area contributed by atoms with Gasteiger partial charge in [0.25, 0.3) is 5.91 Å². The summed E-state index contributed by atoms with van der Waals surface area (Å²) in [5, 5.41) is 0.672. The van der Waals surface area contributed by atoms with Crippen LogP contribution in [0, 0.1) is 0 Å². The zero-order valence-electron chi connectivity index (χ0n) is 11.3. The van der Waals surface area contributed by atoms with E-state index in [1.54, 1.807) is 17.0 Å². The van der Waals surface area contributed by atoms with E-state index >= 15 is 0 Å². The van der Waals surface area contributed by atoms with Crippen LogP contribution in [0.15, 0.2) is 48.5 Å². The summed E-state index contributed by atoms with van der Waals surface area (Å²) in [7, 11) is 0. The average Bonchev–Trinajstić information content (AvgIpc) is 2.44. The smallest absolute Gasteiger partial charge is 0.256 e. The maximum atomic E-state index is 12.5. The quantitative estimate of drug-likeness (QED) is 0.874. The van der Waals surface area contributed by atoms with Gasteiger partial charge in [-0.15, -0.1) is 0 Å². The molecule has 2 rings (SSSR count). The standard InChI is InChI=1S/C16H17ClN2O/c1-2-19(11-12-6-5-7-13(17)10-12)16(20)14-8-3-4-9-15(14)18/h3-10H,2,11,18H2,1H3. The van der Waals surface area contributed by atoms with E-state index < -0.39 is 0 Å². The maximum Gasteiger partial charge on any atom is 0.256 e. The third kappa shape index (κ3) is 3.31. The fourth-order valence-electron chi connectivity index (χ4n) is 2.05. The van der Waals surface area contributed by atoms with Gasteiger partial charge in [0, 0.05) is 23.8 Å². The van der Waals surface area contributed by atoms with Gasteiger partial charge in [0.05, 0.1) is 5.56 Å². The highest BCUT2D eigenvalue weighted by atomic mass is 35.5. The summed E-state index contributed by atoms with van der Waals surface area (Å²) in [4.78, 5) is 14.2. The topological polar surface area (TPSA) is 46.3 Å². The first-order chi connectivity index (χ1) is 9.61. The van der Waals surface area contributed by atoms with Gasteiger partial charge in [0.15, 0.2) is 0 Å². The zero-order valence-corrected chi connectivity index (χ0v) is 12.1. The van der Waals surface area contributed by atoms with E-state index in [2.05, 4.69) is 0 Å². The molecule has 2 aromatic carbocycles. The van der Waals surface area contributed by atoms with Crippen molar-refractivity contribution in [2.75, 3.05) is 12.3 Å². The molecule has 104 valence electrons. The number of anilines is 1. The highest BCUT2D eigenvalue weighted by molar-refractivity contribution is 6.30. The van der Waals surface area contributed by atoms with Gasteiger partial charge in [0.2, 0.25) is 0 Å². The largest absolute Gasteiger partial charge is 0.398 e. The molecule has 0 bridgehead atoms. The average molecular weight is 289 g/mol. The van der Waals surface area contributed by atoms with Gasteiger partial charge < -0.3 is 10.6 Å². The third-order valence-electron chi connectivity index (χ3n) is 3.12. The lowest BCUT2D eigenvalue weighted by atomic mass is 10.1. The van der Waals surface area contributed by atoms with Crippen molar-refractivity contribution < 1.29 is 4.79 Å². The van der Waals surface area contributed by atoms with Crippen LogP contribution in [0.2, 0.25) is 5.02 Å². The number of hydrogen-bond donors (Lipinski definition) is 1. The lowest BCUT2D eigenvalue weighted by Crippen LogP contribution is -2.30. The van der Waals surface area contributed by atoms with Gasteiger partial charge in [-0.05, 0) is 36.8 Å². The van der Waals surface area contributed by atoms with E-state index in [9.17, 15) is 4.79 Å². The van der Waals surface area contributed by atoms with Crippen LogP contribution < -0.4 is 5.73 Å². The second-order valence-corrected chi connectivity index (χ2v) is 4.97. The van der Waals surface area contributed by atoms with E-state index in [-0.39, 0.29) is 5.91 Å². The molecule has 3 nitrogen and oxygen atoms in total. The summed E-state index contributed by atoms with van der Waals surface area (Å²) in [5.74, 6) is -0.0643. The van der Waals surface area contributed by atoms with Gasteiger partial charge in [-0.2, -0.15) is 0 Å². The summed E-state index contributed by atoms with van der Waals surface area (Å²) in [5.41, 5.74) is 7.91. The minimum absolute atomic E-state index is 0.0643. The highest BCUT2D eigenvalue weighted by Gasteiger charge is 2.16. The SMILES string of the molecule is CCN(Cc1cccc(Cl)c1)C(=O)c1ccccc1N. The summed E-state index contributed by atoms with van der Waals surface area (Å²) in [6, 6.07) is 14.6. The summed E-state index contributed by atoms with van der Waals surface area (Å²) in [6.45, 7) is 3.07. The van der Waals surface area contributed by atoms with Gasteiger partial charge in [-0.3, -0.25) is 4.79 Å². The molecule has 0 saturated heterocycles. The Morgan fingerprint density at radius 2 is 1.95 bits per heavy atom. The van der Waals surface area contributed by atoms with Crippen molar-refractivity contribution >= 4 is 23.2 Å². The predicted octanol–water partition coefficient (Wildman–Crippen LogP) is 3.58. The van der Waals surface area contributed by atoms with E-state index in [0.717, 1.165) is 5.56 Å². The number of halogens is 1. The summed E-state index contributed by atoms with van der Waals surface area (Å²) < 4.78 is 0. The van der Waals surface area contributed by atoms with Crippen molar-refractivity contribution in [1.82, 2.24) is 4.90 Å². The van der Waals surface area contributed by atoms with Crippen LogP contribution in [-0.4, -0.2) is 17.4 Å². The van der Waals surface area contributed by atoms with Crippen LogP contribution in [0.3, 0.4) is 0 Å². The Kier molecular flexibility index (Phi) is 4.64. The number of hydrogen-bond acceptors (Lipinski definition) is 2. The number of nitrogen functional groups attached to an aromatic ring is 1. The number of nitrogens with zero attached hydrogens (tertiary/aromatic N) is 1. The fraction of sp³-hybridized carbons (Fsp3) is 0.188. The molecule has 0 heterocycles. The van der Waals surface area contributed by atoms with Crippen LogP contribution in [0.4, 0.5) is 5.69 Å². The van der Waals surface area contributed by atoms with Gasteiger partial charge in [-0.25, -0.2) is 0 Å². The van der Waals surface area contributed by atoms with Crippen LogP contribution in [0.1, 0.15) is 22.8 Å². The Labute approximate surface area is 124 Å². The number of nitrogens with two attached hydrogens (primary N) is 1. The molecular formula is C16H17ClN2O. The van der Waals surface area contributed by atoms with Crippen molar-refractivity contribution in [1.29, 1.82) is 0 Å². The fourth-order valence-corrected chi connectivity index (χ4v) is 2.26. The van der Waals surface area contributed by atoms with Crippen LogP contribution in [0.25, 0.3) is 0 Å². The number of rotatable bonds is 4. The predicted molar refractivity (Wildman–Crippen MR) is 82.7 cm³/mol. The first kappa shape index (κ1) is 14.4. The lowest BCUT2D eigenvalue weighted by molar-refractivity contribution is 0.0753. The van der Waals surface area contributed by atoms with Gasteiger partial charge in [-0.1, -0.05) is 35.9 Å². The molecule has 2 aromatic rings. The number of carbonyl (C=O) groups excluding carboxylic acids is 1. The van der Waals surface area contributed by atoms with Crippen molar-refractivity contribution in [3.05, 3.63) is 64.7 Å². The minimum atomic E-state index is -0.0643. The van der Waals surface area contributed by atoms with Crippen LogP contribution in [0.5, 0.6) is 0 Å². The molecule has 0 spiro atoms. The normalized spacial score (nSPS) is 10.3. The molecule has 4 heteroatoms. The Morgan fingerprint density at radius 3 is 2.60 bits per heavy atom. The van der Waals surface area contributed by atoms with Crippen molar-refractivity contribution in [2.24, 2.45) is 0 Å². The number of para-hydroxylation sites is 1. The molecule has 0 aliphatic rings. The van der Waals surface area contributed by atoms with Crippen LogP contribution in [-0.2, 0) is 6.54 Å². The van der Waals surface area contributed by atoms with E-state index in [1.165, 1.54) is 0 Å². The highest BCUT2D eigenvalue weighted by Crippen LogP contribution is 2.17. The Balaban J connectivity index is 2.20. The molecule has 20 heavy (non-hydrogen) atoms. The molecule has 0 aliphatic heterocycles. The Bertz CT molecular complexity index is 613. The van der Waals surface area contributed by atoms with Gasteiger partial charge in [0.1, 0.15) is 0 Å². The lowest BCUT2D eigenvalue weighted by Gasteiger charge is -2.22. The summed E-state index contributed by atoms with van der Waals surface area (Å²) >= 11 is 5.97. The van der Waals surface area contributed by atoms with E-state index in [4.69, 9.17) is 17.3 Å². The Morgan fingerprint density at radius 1 is 1.20 bits per heavy atom. The monoisotopic (exact) mass is 288 g/mol. The second kappa shape index (κ2) is 6.44. The second-order valence-electron chi connectivity index (χ2n) is 4.54. The minimum Gasteiger partial charge on any atom is -0.398 e. The third-order valence-corrected chi connectivity index (χ3v) is 3.36. The number of amides is 1. The molecule has 0 aliphatic carbocycles. The molecule has 0 unspecified atom stereocenters. The zero-order chi connectivity index (χ0) is 14.5. The molecule has 0 fully saturated rings. The molecule has 1 amide bonds. The summed E-state index contributed by atoms with van der Waals surface area (Å²) in [6.07, 6.45) is 0. The molecule has 2 N–H and O–H groups in total. The molecule has 0 saturated carbocycles. The van der Waals surface area contributed by atoms with Crippen molar-refractivity contribution in [2.45, 2.75) is 13.5 Å². The van der Waals surface area contributed by atoms with Gasteiger partial charge >= 0.3 is 0 Å². The Hall–Kier alpha value is -2.00. The van der Waals surface area contributed by atoms with E-state index in [0.29, 0.717) is 29.4 Å². The van der Waals surface area contributed by atoms with E-state index in [1.807, 2.05) is 43.3 Å². The first-order valence-electron chi connectivity index (χ1n) is 6.50. The molecular weight excluding hydrogens is 272 g/mol. The van der Waals surface area contributed by atoms with Crippen molar-refractivity contribution in [3.8, 4) is 0 Å². The first-order valence-corrected chi connectivity index (χ1v) is 6.88. The molecule has 0 atom stereocenters. The number of carbonyl (C=O) groups is 1. The maximum absolute atomic E-state index is 12.5.